The second kappa shape index (κ2) is 1.71. The van der Waals surface area contributed by atoms with Gasteiger partial charge >= 0.3 is 0 Å². The third-order valence-corrected chi connectivity index (χ3v) is 0.787. The molecule has 0 spiro atoms. The lowest BCUT2D eigenvalue weighted by Gasteiger charge is -1.73. The van der Waals surface area contributed by atoms with Crippen LogP contribution in [0.4, 0.5) is 5.69 Å². The number of pyridine rings is 1. The van der Waals surface area contributed by atoms with Gasteiger partial charge in [-0.15, -0.1) is 0 Å². The largest absolute Gasteiger partial charge is 0.325 e. The van der Waals surface area contributed by atoms with Gasteiger partial charge in [0.05, 0.1) is 12.1 Å². The Bertz CT molecular complexity index is 136. The highest BCUT2D eigenvalue weighted by Crippen LogP contribution is 1.86. The molecule has 36 valence electrons. The highest BCUT2D eigenvalue weighted by Gasteiger charge is 1.83. The molecule has 0 bridgehead atoms. The quantitative estimate of drug-likeness (QED) is 0.447. The summed E-state index contributed by atoms with van der Waals surface area (Å²) < 4.78 is 0. The van der Waals surface area contributed by atoms with E-state index in [0.29, 0.717) is 0 Å². The van der Waals surface area contributed by atoms with Crippen molar-refractivity contribution in [3.8, 4) is 0 Å². The zero-order chi connectivity index (χ0) is 5.11. The molecule has 1 rings (SSSR count). The van der Waals surface area contributed by atoms with Gasteiger partial charge in [0.25, 0.3) is 0 Å². The van der Waals surface area contributed by atoms with Gasteiger partial charge in [-0.2, -0.15) is 0 Å². The van der Waals surface area contributed by atoms with Gasteiger partial charge in [-0.05, 0) is 0 Å². The van der Waals surface area contributed by atoms with Crippen LogP contribution in [0.2, 0.25) is 0 Å². The summed E-state index contributed by atoms with van der Waals surface area (Å²) in [5.74, 6) is 0. The molecule has 0 radical (unpaired) electrons. The minimum absolute atomic E-state index is 1.04. The van der Waals surface area contributed by atoms with E-state index in [2.05, 4.69) is 10.7 Å². The third-order valence-electron chi connectivity index (χ3n) is 0.787. The van der Waals surface area contributed by atoms with Crippen LogP contribution in [0.15, 0.2) is 24.5 Å². The van der Waals surface area contributed by atoms with Crippen molar-refractivity contribution in [2.24, 2.45) is 0 Å². The molecule has 0 aromatic carbocycles. The van der Waals surface area contributed by atoms with Crippen LogP contribution in [-0.2, 0) is 0 Å². The molecule has 2 nitrogen and oxygen atoms in total. The fourth-order valence-electron chi connectivity index (χ4n) is 0.421. The van der Waals surface area contributed by atoms with Crippen LogP contribution >= 0.6 is 0 Å². The normalized spacial score (nSPS) is 8.71. The molecule has 1 aromatic heterocycles. The van der Waals surface area contributed by atoms with Crippen molar-refractivity contribution in [3.63, 3.8) is 0 Å². The van der Waals surface area contributed by atoms with Gasteiger partial charge in [-0.25, -0.2) is 4.98 Å². The molecular formula is C5H8N2+2. The topological polar surface area (TPSA) is 41.8 Å². The van der Waals surface area contributed by atoms with Crippen LogP contribution in [-0.4, -0.2) is 0 Å². The van der Waals surface area contributed by atoms with Gasteiger partial charge in [-0.1, -0.05) is 0 Å². The lowest BCUT2D eigenvalue weighted by atomic mass is 10.4. The first-order chi connectivity index (χ1) is 3.39. The van der Waals surface area contributed by atoms with Crippen molar-refractivity contribution in [2.45, 2.75) is 0 Å². The molecule has 0 saturated heterocycles. The number of aromatic nitrogens is 1. The van der Waals surface area contributed by atoms with Crippen LogP contribution in [0.25, 0.3) is 0 Å². The monoisotopic (exact) mass is 96.1 g/mol. The third kappa shape index (κ3) is 0.978. The fraction of sp³-hybridized carbons (Fsp3) is 0. The predicted octanol–water partition coefficient (Wildman–Crippen LogP) is -0.626. The van der Waals surface area contributed by atoms with Crippen molar-refractivity contribution in [2.75, 3.05) is 0 Å². The van der Waals surface area contributed by atoms with Crippen molar-refractivity contribution < 1.29 is 10.7 Å². The molecular weight excluding hydrogens is 88.1 g/mol. The summed E-state index contributed by atoms with van der Waals surface area (Å²) in [5.41, 5.74) is 4.74. The number of aromatic amines is 1. The van der Waals surface area contributed by atoms with E-state index in [9.17, 15) is 0 Å². The molecule has 1 heterocycles. The van der Waals surface area contributed by atoms with Crippen LogP contribution in [0.5, 0.6) is 0 Å². The van der Waals surface area contributed by atoms with Gasteiger partial charge < -0.3 is 5.73 Å². The van der Waals surface area contributed by atoms with Crippen molar-refractivity contribution in [3.05, 3.63) is 24.5 Å². The first-order valence-electron chi connectivity index (χ1n) is 2.17. The summed E-state index contributed by atoms with van der Waals surface area (Å²) in [4.78, 5) is 2.89. The SMILES string of the molecule is [NH3+]c1cc[nH+]cc1. The highest BCUT2D eigenvalue weighted by atomic mass is 14.6. The first-order valence-corrected chi connectivity index (χ1v) is 2.17. The molecule has 7 heavy (non-hydrogen) atoms. The van der Waals surface area contributed by atoms with E-state index in [1.54, 1.807) is 0 Å². The fourth-order valence-corrected chi connectivity index (χ4v) is 0.421. The summed E-state index contributed by atoms with van der Waals surface area (Å²) in [5, 5.41) is 0. The van der Waals surface area contributed by atoms with E-state index < -0.39 is 0 Å². The average molecular weight is 96.1 g/mol. The van der Waals surface area contributed by atoms with Crippen LogP contribution in [0.1, 0.15) is 0 Å². The van der Waals surface area contributed by atoms with Crippen molar-refractivity contribution in [1.29, 1.82) is 0 Å². The van der Waals surface area contributed by atoms with Gasteiger partial charge in [0, 0.05) is 0 Å². The lowest BCUT2D eigenvalue weighted by molar-refractivity contribution is -0.380. The Morgan fingerprint density at radius 2 is 1.86 bits per heavy atom. The Labute approximate surface area is 42.0 Å². The number of H-pyrrole nitrogens is 1. The standard InChI is InChI=1S/C5H6N2/c6-5-1-3-7-4-2-5/h1-4H,(H2,6,7)/p+2. The van der Waals surface area contributed by atoms with Crippen molar-refractivity contribution in [1.82, 2.24) is 0 Å². The lowest BCUT2D eigenvalue weighted by Crippen LogP contribution is -2.40. The van der Waals surface area contributed by atoms with Crippen molar-refractivity contribution >= 4 is 5.69 Å². The molecule has 0 fully saturated rings. The number of rotatable bonds is 0. The van der Waals surface area contributed by atoms with Gasteiger partial charge in [0.1, 0.15) is 5.69 Å². The maximum atomic E-state index is 3.70. The summed E-state index contributed by atoms with van der Waals surface area (Å²) in [6.45, 7) is 0. The summed E-state index contributed by atoms with van der Waals surface area (Å²) in [6, 6.07) is 3.83. The second-order valence-electron chi connectivity index (χ2n) is 1.41. The Hall–Kier alpha value is -0.890. The predicted molar refractivity (Wildman–Crippen MR) is 25.5 cm³/mol. The van der Waals surface area contributed by atoms with Crippen LogP contribution in [0, 0.1) is 0 Å². The molecule has 2 heteroatoms. The molecule has 4 N–H and O–H groups in total. The van der Waals surface area contributed by atoms with E-state index >= 15 is 0 Å². The summed E-state index contributed by atoms with van der Waals surface area (Å²) >= 11 is 0. The first kappa shape index (κ1) is 4.27. The maximum Gasteiger partial charge on any atom is 0.172 e. The minimum Gasteiger partial charge on any atom is -0.325 e. The summed E-state index contributed by atoms with van der Waals surface area (Å²) in [7, 11) is 0. The van der Waals surface area contributed by atoms with Gasteiger partial charge in [0.2, 0.25) is 0 Å². The zero-order valence-corrected chi connectivity index (χ0v) is 4.02. The minimum atomic E-state index is 1.04. The van der Waals surface area contributed by atoms with Gasteiger partial charge in [0.15, 0.2) is 12.4 Å². The van der Waals surface area contributed by atoms with Gasteiger partial charge in [-0.3, -0.25) is 0 Å². The summed E-state index contributed by atoms with van der Waals surface area (Å²) in [6.07, 6.45) is 3.70. The van der Waals surface area contributed by atoms with E-state index in [0.717, 1.165) is 5.69 Å². The number of nitrogens with one attached hydrogen (secondary N) is 1. The number of hydrogen-bond acceptors (Lipinski definition) is 0. The Morgan fingerprint density at radius 3 is 2.14 bits per heavy atom. The molecule has 0 unspecified atom stereocenters. The van der Waals surface area contributed by atoms with E-state index in [-0.39, 0.29) is 0 Å². The van der Waals surface area contributed by atoms with E-state index in [1.807, 2.05) is 24.5 Å². The molecule has 0 aliphatic heterocycles. The maximum absolute atomic E-state index is 3.70. The molecule has 1 aromatic rings. The molecule has 0 atom stereocenters. The highest BCUT2D eigenvalue weighted by molar-refractivity contribution is 5.20. The molecule has 0 amide bonds. The molecule has 0 saturated carbocycles. The average Bonchev–Trinajstić information content (AvgIpc) is 1.69. The zero-order valence-electron chi connectivity index (χ0n) is 4.02. The second-order valence-corrected chi connectivity index (χ2v) is 1.41. The van der Waals surface area contributed by atoms with Crippen LogP contribution in [0.3, 0.4) is 0 Å². The van der Waals surface area contributed by atoms with E-state index in [1.165, 1.54) is 0 Å². The Morgan fingerprint density at radius 1 is 1.29 bits per heavy atom. The van der Waals surface area contributed by atoms with Crippen LogP contribution < -0.4 is 10.7 Å². The molecule has 0 aliphatic rings. The number of quaternary nitrogens is 1. The molecule has 0 aliphatic carbocycles. The van der Waals surface area contributed by atoms with E-state index in [4.69, 9.17) is 0 Å². The number of hydrogen-bond donors (Lipinski definition) is 1. The Balaban J connectivity index is 3.02. The Kier molecular flexibility index (Phi) is 1.04. The smallest absolute Gasteiger partial charge is 0.172 e.